The summed E-state index contributed by atoms with van der Waals surface area (Å²) >= 11 is 3.46. The Balaban J connectivity index is 2.14. The Hall–Kier alpha value is -1.22. The smallest absolute Gasteiger partial charge is 0.127 e. The largest absolute Gasteiger partial charge is 0.207 e. The van der Waals surface area contributed by atoms with Gasteiger partial charge in [0.15, 0.2) is 0 Å². The van der Waals surface area contributed by atoms with Gasteiger partial charge in [-0.1, -0.05) is 46.3 Å². The molecule has 0 heterocycles. The third-order valence-electron chi connectivity index (χ3n) is 2.57. The molecule has 0 aromatic heterocycles. The van der Waals surface area contributed by atoms with E-state index in [9.17, 15) is 8.78 Å². The zero-order valence-corrected chi connectivity index (χ0v) is 10.6. The zero-order valence-electron chi connectivity index (χ0n) is 9.04. The maximum atomic E-state index is 13.5. The minimum absolute atomic E-state index is 0.103. The number of benzene rings is 2. The molecule has 0 bridgehead atoms. The van der Waals surface area contributed by atoms with Crippen LogP contribution < -0.4 is 0 Å². The van der Waals surface area contributed by atoms with Crippen LogP contribution in [0.15, 0.2) is 48.5 Å². The second-order valence-corrected chi connectivity index (χ2v) is 4.92. The van der Waals surface area contributed by atoms with Crippen molar-refractivity contribution in [3.05, 3.63) is 71.3 Å². The Morgan fingerprint density at radius 2 is 1.59 bits per heavy atom. The predicted molar refractivity (Wildman–Crippen MR) is 68.2 cm³/mol. The molecule has 3 heteroatoms. The van der Waals surface area contributed by atoms with E-state index >= 15 is 0 Å². The van der Waals surface area contributed by atoms with Crippen LogP contribution in [-0.4, -0.2) is 0 Å². The zero-order chi connectivity index (χ0) is 12.3. The Morgan fingerprint density at radius 1 is 0.941 bits per heavy atom. The lowest BCUT2D eigenvalue weighted by Crippen LogP contribution is -1.98. The summed E-state index contributed by atoms with van der Waals surface area (Å²) in [4.78, 5) is -0.103. The van der Waals surface area contributed by atoms with Crippen molar-refractivity contribution in [3.8, 4) is 0 Å². The summed E-state index contributed by atoms with van der Waals surface area (Å²) in [5, 5.41) is 0. The van der Waals surface area contributed by atoms with Gasteiger partial charge >= 0.3 is 0 Å². The first-order valence-electron chi connectivity index (χ1n) is 5.30. The molecule has 0 radical (unpaired) electrons. The monoisotopic (exact) mass is 296 g/mol. The van der Waals surface area contributed by atoms with Crippen LogP contribution in [0.2, 0.25) is 0 Å². The van der Waals surface area contributed by atoms with Crippen LogP contribution in [0.5, 0.6) is 0 Å². The van der Waals surface area contributed by atoms with Crippen molar-refractivity contribution >= 4 is 15.9 Å². The van der Waals surface area contributed by atoms with Gasteiger partial charge in [-0.05, 0) is 30.2 Å². The van der Waals surface area contributed by atoms with Gasteiger partial charge in [-0.25, -0.2) is 8.78 Å². The van der Waals surface area contributed by atoms with Gasteiger partial charge in [-0.15, -0.1) is 0 Å². The molecule has 88 valence electrons. The third-order valence-corrected chi connectivity index (χ3v) is 3.39. The average molecular weight is 297 g/mol. The number of hydrogen-bond acceptors (Lipinski definition) is 0. The van der Waals surface area contributed by atoms with Gasteiger partial charge in [0.05, 0.1) is 0 Å². The van der Waals surface area contributed by atoms with Crippen LogP contribution in [0.1, 0.15) is 16.0 Å². The molecule has 0 N–H and O–H groups in total. The first-order chi connectivity index (χ1) is 8.16. The highest BCUT2D eigenvalue weighted by Gasteiger charge is 2.12. The first kappa shape index (κ1) is 12.2. The Kier molecular flexibility index (Phi) is 3.89. The van der Waals surface area contributed by atoms with Crippen LogP contribution in [-0.2, 0) is 6.42 Å². The lowest BCUT2D eigenvalue weighted by molar-refractivity contribution is 0.607. The fourth-order valence-corrected chi connectivity index (χ4v) is 2.41. The molecule has 17 heavy (non-hydrogen) atoms. The molecule has 0 nitrogen and oxygen atoms in total. The van der Waals surface area contributed by atoms with E-state index in [0.29, 0.717) is 12.0 Å². The molecular weight excluding hydrogens is 286 g/mol. The highest BCUT2D eigenvalue weighted by atomic mass is 79.9. The third kappa shape index (κ3) is 3.13. The second-order valence-electron chi connectivity index (χ2n) is 3.82. The van der Waals surface area contributed by atoms with Gasteiger partial charge in [0.1, 0.15) is 11.6 Å². The van der Waals surface area contributed by atoms with E-state index in [1.165, 1.54) is 18.2 Å². The molecule has 0 amide bonds. The summed E-state index contributed by atoms with van der Waals surface area (Å²) in [7, 11) is 0. The van der Waals surface area contributed by atoms with E-state index in [1.54, 1.807) is 30.3 Å². The summed E-state index contributed by atoms with van der Waals surface area (Å²) in [6, 6.07) is 12.9. The molecule has 0 saturated carbocycles. The molecule has 0 fully saturated rings. The van der Waals surface area contributed by atoms with Gasteiger partial charge in [0.25, 0.3) is 0 Å². The summed E-state index contributed by atoms with van der Waals surface area (Å²) in [5.74, 6) is -0.484. The predicted octanol–water partition coefficient (Wildman–Crippen LogP) is 4.64. The van der Waals surface area contributed by atoms with Crippen molar-refractivity contribution in [1.29, 1.82) is 0 Å². The fourth-order valence-electron chi connectivity index (χ4n) is 1.67. The quantitative estimate of drug-likeness (QED) is 0.724. The molecule has 2 aromatic rings. The van der Waals surface area contributed by atoms with E-state index in [2.05, 4.69) is 15.9 Å². The van der Waals surface area contributed by atoms with Gasteiger partial charge in [-0.2, -0.15) is 0 Å². The van der Waals surface area contributed by atoms with Gasteiger partial charge in [0, 0.05) is 10.4 Å². The normalized spacial score (nSPS) is 12.4. The topological polar surface area (TPSA) is 0 Å². The summed E-state index contributed by atoms with van der Waals surface area (Å²) in [6.07, 6.45) is 0.626. The molecule has 0 saturated heterocycles. The average Bonchev–Trinajstić information content (AvgIpc) is 2.32. The van der Waals surface area contributed by atoms with Crippen molar-refractivity contribution < 1.29 is 8.78 Å². The molecule has 2 rings (SSSR count). The highest BCUT2D eigenvalue weighted by molar-refractivity contribution is 9.09. The minimum Gasteiger partial charge on any atom is -0.207 e. The van der Waals surface area contributed by atoms with E-state index in [0.717, 1.165) is 5.56 Å². The van der Waals surface area contributed by atoms with Crippen LogP contribution in [0.25, 0.3) is 0 Å². The summed E-state index contributed by atoms with van der Waals surface area (Å²) in [6.45, 7) is 0. The number of alkyl halides is 1. The molecule has 1 unspecified atom stereocenters. The first-order valence-corrected chi connectivity index (χ1v) is 6.21. The molecule has 1 atom stereocenters. The molecule has 0 spiro atoms. The number of halogens is 3. The lowest BCUT2D eigenvalue weighted by Gasteiger charge is -2.11. The molecule has 2 aromatic carbocycles. The fraction of sp³-hybridized carbons (Fsp3) is 0.143. The van der Waals surface area contributed by atoms with E-state index < -0.39 is 0 Å². The van der Waals surface area contributed by atoms with E-state index in [4.69, 9.17) is 0 Å². The Labute approximate surface area is 107 Å². The maximum absolute atomic E-state index is 13.5. The van der Waals surface area contributed by atoms with Crippen molar-refractivity contribution in [2.45, 2.75) is 11.2 Å². The van der Waals surface area contributed by atoms with Crippen molar-refractivity contribution in [2.75, 3.05) is 0 Å². The highest BCUT2D eigenvalue weighted by Crippen LogP contribution is 2.28. The van der Waals surface area contributed by atoms with Crippen LogP contribution >= 0.6 is 15.9 Å². The van der Waals surface area contributed by atoms with Crippen molar-refractivity contribution in [1.82, 2.24) is 0 Å². The Morgan fingerprint density at radius 3 is 2.24 bits per heavy atom. The molecule has 0 aliphatic rings. The van der Waals surface area contributed by atoms with E-state index in [1.807, 2.05) is 0 Å². The summed E-state index contributed by atoms with van der Waals surface area (Å²) in [5.41, 5.74) is 1.59. The standard InChI is InChI=1S/C14H11BrF2/c15-13(12-3-1-2-4-14(12)17)9-10-5-7-11(16)8-6-10/h1-8,13H,9H2. The van der Waals surface area contributed by atoms with E-state index in [-0.39, 0.29) is 16.5 Å². The summed E-state index contributed by atoms with van der Waals surface area (Å²) < 4.78 is 26.3. The molecule has 0 aliphatic heterocycles. The van der Waals surface area contributed by atoms with Gasteiger partial charge in [-0.3, -0.25) is 0 Å². The van der Waals surface area contributed by atoms with Gasteiger partial charge in [0.2, 0.25) is 0 Å². The Bertz CT molecular complexity index is 494. The maximum Gasteiger partial charge on any atom is 0.127 e. The molecular formula is C14H11BrF2. The number of rotatable bonds is 3. The second kappa shape index (κ2) is 5.41. The lowest BCUT2D eigenvalue weighted by atomic mass is 10.0. The SMILES string of the molecule is Fc1ccc(CC(Br)c2ccccc2F)cc1. The minimum atomic E-state index is -0.259. The van der Waals surface area contributed by atoms with Crippen molar-refractivity contribution in [2.24, 2.45) is 0 Å². The van der Waals surface area contributed by atoms with Gasteiger partial charge < -0.3 is 0 Å². The number of hydrogen-bond donors (Lipinski definition) is 0. The van der Waals surface area contributed by atoms with Crippen LogP contribution in [0, 0.1) is 11.6 Å². The van der Waals surface area contributed by atoms with Crippen LogP contribution in [0.4, 0.5) is 8.78 Å². The van der Waals surface area contributed by atoms with Crippen molar-refractivity contribution in [3.63, 3.8) is 0 Å². The molecule has 0 aliphatic carbocycles. The van der Waals surface area contributed by atoms with Crippen LogP contribution in [0.3, 0.4) is 0 Å².